The summed E-state index contributed by atoms with van der Waals surface area (Å²) in [4.78, 5) is 15.8. The molecule has 1 amide bonds. The summed E-state index contributed by atoms with van der Waals surface area (Å²) in [5, 5.41) is 3.31. The van der Waals surface area contributed by atoms with Gasteiger partial charge in [-0.25, -0.2) is 0 Å². The lowest BCUT2D eigenvalue weighted by molar-refractivity contribution is -0.120. The summed E-state index contributed by atoms with van der Waals surface area (Å²) in [5.74, 6) is 4.47. The molecule has 1 saturated heterocycles. The Balaban J connectivity index is 2.00. The summed E-state index contributed by atoms with van der Waals surface area (Å²) < 4.78 is 0. The summed E-state index contributed by atoms with van der Waals surface area (Å²) >= 11 is 3.86. The predicted molar refractivity (Wildman–Crippen MR) is 63.2 cm³/mol. The van der Waals surface area contributed by atoms with Gasteiger partial charge in [0.05, 0.1) is 5.25 Å². The highest BCUT2D eigenvalue weighted by Gasteiger charge is 2.30. The molecule has 14 heavy (non-hydrogen) atoms. The van der Waals surface area contributed by atoms with E-state index >= 15 is 0 Å². The third kappa shape index (κ3) is 2.08. The Morgan fingerprint density at radius 1 is 1.57 bits per heavy atom. The summed E-state index contributed by atoms with van der Waals surface area (Å²) in [6, 6.07) is -0.127. The van der Waals surface area contributed by atoms with Crippen LogP contribution in [0.25, 0.3) is 0 Å². The number of nitrogens with one attached hydrogen (secondary N) is 1. The molecule has 2 rings (SSSR count). The fraction of sp³-hybridized carbons (Fsp3) is 0.778. The van der Waals surface area contributed by atoms with Crippen molar-refractivity contribution in [2.24, 2.45) is 4.99 Å². The van der Waals surface area contributed by atoms with Crippen LogP contribution >= 0.6 is 23.5 Å². The maximum Gasteiger partial charge on any atom is 0.250 e. The van der Waals surface area contributed by atoms with E-state index in [1.807, 2.05) is 30.4 Å². The van der Waals surface area contributed by atoms with Gasteiger partial charge in [0, 0.05) is 17.3 Å². The van der Waals surface area contributed by atoms with Crippen LogP contribution in [0.4, 0.5) is 0 Å². The van der Waals surface area contributed by atoms with E-state index in [1.165, 1.54) is 11.5 Å². The van der Waals surface area contributed by atoms with Crippen LogP contribution in [0, 0.1) is 0 Å². The van der Waals surface area contributed by atoms with Crippen molar-refractivity contribution in [2.45, 2.75) is 24.6 Å². The Kier molecular flexibility index (Phi) is 3.38. The average molecular weight is 230 g/mol. The molecular formula is C9H14N2OS2. The van der Waals surface area contributed by atoms with Gasteiger partial charge in [-0.05, 0) is 6.42 Å². The number of aliphatic imine (C=N–C) groups is 1. The van der Waals surface area contributed by atoms with Gasteiger partial charge in [0.1, 0.15) is 11.9 Å². The van der Waals surface area contributed by atoms with Crippen molar-refractivity contribution in [3.63, 3.8) is 0 Å². The van der Waals surface area contributed by atoms with E-state index in [9.17, 15) is 4.79 Å². The van der Waals surface area contributed by atoms with E-state index in [4.69, 9.17) is 0 Å². The van der Waals surface area contributed by atoms with Crippen LogP contribution in [0.15, 0.2) is 4.99 Å². The quantitative estimate of drug-likeness (QED) is 0.773. The number of carbonyl (C=O) groups is 1. The van der Waals surface area contributed by atoms with Crippen LogP contribution in [0.5, 0.6) is 0 Å². The molecule has 0 aromatic heterocycles. The molecule has 2 aliphatic heterocycles. The normalized spacial score (nSPS) is 32.6. The second-order valence-electron chi connectivity index (χ2n) is 3.36. The summed E-state index contributed by atoms with van der Waals surface area (Å²) in [6.45, 7) is 2.00. The van der Waals surface area contributed by atoms with Gasteiger partial charge in [0.25, 0.3) is 0 Å². The van der Waals surface area contributed by atoms with Crippen LogP contribution < -0.4 is 5.32 Å². The van der Waals surface area contributed by atoms with E-state index in [2.05, 4.69) is 10.3 Å². The van der Waals surface area contributed by atoms with E-state index < -0.39 is 0 Å². The zero-order chi connectivity index (χ0) is 9.97. The van der Waals surface area contributed by atoms with E-state index in [1.54, 1.807) is 0 Å². The third-order valence-corrected chi connectivity index (χ3v) is 5.12. The topological polar surface area (TPSA) is 41.5 Å². The van der Waals surface area contributed by atoms with E-state index in [0.29, 0.717) is 5.25 Å². The Hall–Kier alpha value is -0.160. The minimum atomic E-state index is -0.127. The van der Waals surface area contributed by atoms with Gasteiger partial charge in [-0.2, -0.15) is 11.8 Å². The SMILES string of the molecule is CCC1N=C(C2CSCCS2)NC1=O. The Morgan fingerprint density at radius 3 is 3.00 bits per heavy atom. The molecule has 2 heterocycles. The van der Waals surface area contributed by atoms with Crippen molar-refractivity contribution in [1.82, 2.24) is 5.32 Å². The molecule has 1 fully saturated rings. The number of amides is 1. The first-order chi connectivity index (χ1) is 6.81. The molecule has 5 heteroatoms. The minimum absolute atomic E-state index is 0.0821. The molecule has 1 N–H and O–H groups in total. The predicted octanol–water partition coefficient (Wildman–Crippen LogP) is 1.14. The fourth-order valence-electron chi connectivity index (χ4n) is 1.55. The van der Waals surface area contributed by atoms with Gasteiger partial charge in [-0.1, -0.05) is 6.92 Å². The van der Waals surface area contributed by atoms with Crippen molar-refractivity contribution in [1.29, 1.82) is 0 Å². The first-order valence-electron chi connectivity index (χ1n) is 4.89. The average Bonchev–Trinajstić information content (AvgIpc) is 2.61. The first kappa shape index (κ1) is 10.4. The number of thioether (sulfide) groups is 2. The van der Waals surface area contributed by atoms with Crippen molar-refractivity contribution in [3.8, 4) is 0 Å². The standard InChI is InChI=1S/C9H14N2OS2/c1-2-6-9(12)11-8(10-6)7-5-13-3-4-14-7/h6-7H,2-5H2,1H3,(H,10,11,12). The maximum absolute atomic E-state index is 11.4. The molecule has 78 valence electrons. The zero-order valence-corrected chi connectivity index (χ0v) is 9.79. The Bertz CT molecular complexity index is 262. The lowest BCUT2D eigenvalue weighted by atomic mass is 10.2. The van der Waals surface area contributed by atoms with Gasteiger partial charge >= 0.3 is 0 Å². The van der Waals surface area contributed by atoms with Crippen LogP contribution in [0.2, 0.25) is 0 Å². The molecular weight excluding hydrogens is 216 g/mol. The van der Waals surface area contributed by atoms with Gasteiger partial charge < -0.3 is 5.32 Å². The van der Waals surface area contributed by atoms with E-state index in [0.717, 1.165) is 18.0 Å². The number of carbonyl (C=O) groups excluding carboxylic acids is 1. The van der Waals surface area contributed by atoms with Crippen molar-refractivity contribution >= 4 is 35.3 Å². The molecule has 2 unspecified atom stereocenters. The van der Waals surface area contributed by atoms with E-state index in [-0.39, 0.29) is 11.9 Å². The highest BCUT2D eigenvalue weighted by atomic mass is 32.2. The van der Waals surface area contributed by atoms with Gasteiger partial charge in [-0.3, -0.25) is 9.79 Å². The van der Waals surface area contributed by atoms with Gasteiger partial charge in [0.2, 0.25) is 5.91 Å². The van der Waals surface area contributed by atoms with Gasteiger partial charge in [0.15, 0.2) is 0 Å². The third-order valence-electron chi connectivity index (χ3n) is 2.36. The smallest absolute Gasteiger partial charge is 0.250 e. The van der Waals surface area contributed by atoms with Crippen LogP contribution in [0.1, 0.15) is 13.3 Å². The Labute approximate surface area is 92.5 Å². The monoisotopic (exact) mass is 230 g/mol. The van der Waals surface area contributed by atoms with Crippen molar-refractivity contribution < 1.29 is 4.79 Å². The van der Waals surface area contributed by atoms with Crippen molar-refractivity contribution in [2.75, 3.05) is 17.3 Å². The maximum atomic E-state index is 11.4. The summed E-state index contributed by atoms with van der Waals surface area (Å²) in [5.41, 5.74) is 0. The molecule has 0 radical (unpaired) electrons. The largest absolute Gasteiger partial charge is 0.312 e. The molecule has 0 aliphatic carbocycles. The van der Waals surface area contributed by atoms with Crippen molar-refractivity contribution in [3.05, 3.63) is 0 Å². The summed E-state index contributed by atoms with van der Waals surface area (Å²) in [6.07, 6.45) is 0.805. The molecule has 0 bridgehead atoms. The highest BCUT2D eigenvalue weighted by molar-refractivity contribution is 8.07. The first-order valence-corrected chi connectivity index (χ1v) is 7.09. The van der Waals surface area contributed by atoms with Crippen LogP contribution in [-0.2, 0) is 4.79 Å². The molecule has 2 aliphatic rings. The second kappa shape index (κ2) is 4.57. The number of rotatable bonds is 2. The number of nitrogens with zero attached hydrogens (tertiary/aromatic N) is 1. The molecule has 2 atom stereocenters. The lowest BCUT2D eigenvalue weighted by Gasteiger charge is -2.20. The zero-order valence-electron chi connectivity index (χ0n) is 8.16. The second-order valence-corrected chi connectivity index (χ2v) is 5.82. The number of hydrogen-bond acceptors (Lipinski definition) is 4. The molecule has 0 aromatic rings. The molecule has 3 nitrogen and oxygen atoms in total. The molecule has 0 saturated carbocycles. The number of hydrogen-bond donors (Lipinski definition) is 1. The Morgan fingerprint density at radius 2 is 2.43 bits per heavy atom. The fourth-order valence-corrected chi connectivity index (χ4v) is 4.18. The van der Waals surface area contributed by atoms with Crippen LogP contribution in [-0.4, -0.2) is 40.3 Å². The molecule has 0 spiro atoms. The summed E-state index contributed by atoms with van der Waals surface area (Å²) in [7, 11) is 0. The number of amidine groups is 1. The van der Waals surface area contributed by atoms with Gasteiger partial charge in [-0.15, -0.1) is 11.8 Å². The molecule has 0 aromatic carbocycles. The van der Waals surface area contributed by atoms with Crippen LogP contribution in [0.3, 0.4) is 0 Å². The minimum Gasteiger partial charge on any atom is -0.312 e. The lowest BCUT2D eigenvalue weighted by Crippen LogP contribution is -2.36. The highest BCUT2D eigenvalue weighted by Crippen LogP contribution is 2.26.